The van der Waals surface area contributed by atoms with E-state index in [1.165, 1.54) is 11.3 Å². The van der Waals surface area contributed by atoms with Crippen molar-refractivity contribution in [1.29, 1.82) is 0 Å². The largest absolute Gasteiger partial charge is 0.300 e. The molecule has 0 aliphatic rings. The van der Waals surface area contributed by atoms with Gasteiger partial charge in [-0.15, -0.1) is 0 Å². The van der Waals surface area contributed by atoms with Crippen LogP contribution in [0.15, 0.2) is 0 Å². The first kappa shape index (κ1) is 14.9. The molecule has 18 heavy (non-hydrogen) atoms. The second kappa shape index (κ2) is 6.72. The molecule has 0 aliphatic carbocycles. The number of nitrogens with zero attached hydrogens (tertiary/aromatic N) is 2. The molecule has 102 valence electrons. The van der Waals surface area contributed by atoms with Crippen molar-refractivity contribution in [2.45, 2.75) is 59.8 Å². The molecule has 0 aromatic carbocycles. The Labute approximate surface area is 111 Å². The fraction of sp³-hybridized carbons (Fsp3) is 0.733. The average Bonchev–Trinajstić information content (AvgIpc) is 2.58. The van der Waals surface area contributed by atoms with E-state index in [0.717, 1.165) is 31.4 Å². The summed E-state index contributed by atoms with van der Waals surface area (Å²) in [4.78, 5) is 11.9. The van der Waals surface area contributed by atoms with Crippen molar-refractivity contribution in [2.24, 2.45) is 13.0 Å². The van der Waals surface area contributed by atoms with Gasteiger partial charge >= 0.3 is 0 Å². The monoisotopic (exact) mass is 250 g/mol. The lowest BCUT2D eigenvalue weighted by molar-refractivity contribution is -0.120. The Balaban J connectivity index is 2.52. The number of Topliss-reactive ketones (excluding diaryl/α,β-unsaturated/α-hetero) is 1. The maximum atomic E-state index is 11.9. The summed E-state index contributed by atoms with van der Waals surface area (Å²) < 4.78 is 1.90. The van der Waals surface area contributed by atoms with Gasteiger partial charge in [0.1, 0.15) is 5.78 Å². The van der Waals surface area contributed by atoms with E-state index >= 15 is 0 Å². The van der Waals surface area contributed by atoms with Crippen LogP contribution >= 0.6 is 0 Å². The summed E-state index contributed by atoms with van der Waals surface area (Å²) in [5, 5.41) is 4.39. The number of hydrogen-bond donors (Lipinski definition) is 0. The zero-order valence-electron chi connectivity index (χ0n) is 12.4. The predicted molar refractivity (Wildman–Crippen MR) is 74.7 cm³/mol. The van der Waals surface area contributed by atoms with E-state index in [2.05, 4.69) is 25.9 Å². The minimum absolute atomic E-state index is 0.395. The van der Waals surface area contributed by atoms with E-state index in [9.17, 15) is 4.79 Å². The van der Waals surface area contributed by atoms with E-state index in [-0.39, 0.29) is 0 Å². The molecule has 1 rings (SSSR count). The molecule has 3 nitrogen and oxygen atoms in total. The van der Waals surface area contributed by atoms with Gasteiger partial charge in [0, 0.05) is 25.6 Å². The Morgan fingerprint density at radius 3 is 2.33 bits per heavy atom. The van der Waals surface area contributed by atoms with Crippen LogP contribution in [-0.4, -0.2) is 15.6 Å². The molecule has 0 aliphatic heterocycles. The van der Waals surface area contributed by atoms with Crippen LogP contribution in [0.1, 0.15) is 56.5 Å². The number of carbonyl (C=O) groups is 1. The highest BCUT2D eigenvalue weighted by molar-refractivity contribution is 5.78. The van der Waals surface area contributed by atoms with E-state index < -0.39 is 0 Å². The van der Waals surface area contributed by atoms with Crippen LogP contribution < -0.4 is 0 Å². The Morgan fingerprint density at radius 2 is 1.89 bits per heavy atom. The van der Waals surface area contributed by atoms with Crippen LogP contribution in [0.5, 0.6) is 0 Å². The number of aryl methyl sites for hydroxylation is 2. The van der Waals surface area contributed by atoms with Crippen LogP contribution in [0.25, 0.3) is 0 Å². The SMILES string of the molecule is CCC(CC)CC(=O)CCc1c(C)nn(C)c1C. The molecule has 1 aromatic heterocycles. The summed E-state index contributed by atoms with van der Waals surface area (Å²) in [5.74, 6) is 0.958. The summed E-state index contributed by atoms with van der Waals surface area (Å²) in [5.41, 5.74) is 3.49. The summed E-state index contributed by atoms with van der Waals surface area (Å²) >= 11 is 0. The fourth-order valence-corrected chi connectivity index (χ4v) is 2.45. The highest BCUT2D eigenvalue weighted by Crippen LogP contribution is 2.17. The average molecular weight is 250 g/mol. The van der Waals surface area contributed by atoms with Crippen LogP contribution in [0.3, 0.4) is 0 Å². The van der Waals surface area contributed by atoms with Gasteiger partial charge in [-0.25, -0.2) is 0 Å². The van der Waals surface area contributed by atoms with Gasteiger partial charge in [0.05, 0.1) is 5.69 Å². The summed E-state index contributed by atoms with van der Waals surface area (Å²) in [6, 6.07) is 0. The van der Waals surface area contributed by atoms with Gasteiger partial charge < -0.3 is 0 Å². The van der Waals surface area contributed by atoms with Gasteiger partial charge in [0.15, 0.2) is 0 Å². The molecule has 0 amide bonds. The third-order valence-electron chi connectivity index (χ3n) is 3.98. The lowest BCUT2D eigenvalue weighted by Gasteiger charge is -2.10. The highest BCUT2D eigenvalue weighted by Gasteiger charge is 2.13. The minimum atomic E-state index is 0.395. The fourth-order valence-electron chi connectivity index (χ4n) is 2.45. The van der Waals surface area contributed by atoms with Crippen LogP contribution in [0.4, 0.5) is 0 Å². The third kappa shape index (κ3) is 3.69. The molecule has 0 spiro atoms. The molecule has 0 atom stereocenters. The minimum Gasteiger partial charge on any atom is -0.300 e. The molecule has 0 radical (unpaired) electrons. The summed E-state index contributed by atoms with van der Waals surface area (Å²) in [6.45, 7) is 8.42. The number of rotatable bonds is 7. The topological polar surface area (TPSA) is 34.9 Å². The Morgan fingerprint density at radius 1 is 1.28 bits per heavy atom. The van der Waals surface area contributed by atoms with Crippen molar-refractivity contribution in [3.8, 4) is 0 Å². The van der Waals surface area contributed by atoms with Gasteiger partial charge in [0.2, 0.25) is 0 Å². The Bertz CT molecular complexity index is 403. The zero-order chi connectivity index (χ0) is 13.7. The Hall–Kier alpha value is -1.12. The maximum Gasteiger partial charge on any atom is 0.133 e. The molecule has 1 heterocycles. The van der Waals surface area contributed by atoms with Crippen molar-refractivity contribution in [1.82, 2.24) is 9.78 Å². The van der Waals surface area contributed by atoms with E-state index in [1.807, 2.05) is 18.7 Å². The number of carbonyl (C=O) groups excluding carboxylic acids is 1. The normalized spacial score (nSPS) is 11.2. The van der Waals surface area contributed by atoms with Gasteiger partial charge in [-0.1, -0.05) is 26.7 Å². The molecule has 0 saturated carbocycles. The van der Waals surface area contributed by atoms with Crippen LogP contribution in [0.2, 0.25) is 0 Å². The first-order valence-corrected chi connectivity index (χ1v) is 7.00. The van der Waals surface area contributed by atoms with E-state index in [1.54, 1.807) is 0 Å². The smallest absolute Gasteiger partial charge is 0.133 e. The third-order valence-corrected chi connectivity index (χ3v) is 3.98. The Kier molecular flexibility index (Phi) is 5.57. The van der Waals surface area contributed by atoms with Gasteiger partial charge in [-0.05, 0) is 31.7 Å². The number of ketones is 1. The standard InChI is InChI=1S/C15H26N2O/c1-6-13(7-2)10-14(18)8-9-15-11(3)16-17(5)12(15)4/h13H,6-10H2,1-5H3. The molecule has 0 saturated heterocycles. The van der Waals surface area contributed by atoms with Crippen molar-refractivity contribution in [3.05, 3.63) is 17.0 Å². The second-order valence-corrected chi connectivity index (χ2v) is 5.20. The van der Waals surface area contributed by atoms with Gasteiger partial charge in [-0.2, -0.15) is 5.10 Å². The quantitative estimate of drug-likeness (QED) is 0.743. The zero-order valence-corrected chi connectivity index (χ0v) is 12.4. The number of aromatic nitrogens is 2. The lowest BCUT2D eigenvalue weighted by Crippen LogP contribution is -2.08. The summed E-state index contributed by atoms with van der Waals surface area (Å²) in [6.07, 6.45) is 4.44. The molecule has 0 fully saturated rings. The summed E-state index contributed by atoms with van der Waals surface area (Å²) in [7, 11) is 1.96. The maximum absolute atomic E-state index is 11.9. The van der Waals surface area contributed by atoms with Crippen molar-refractivity contribution >= 4 is 5.78 Å². The molecular formula is C15H26N2O. The molecule has 0 unspecified atom stereocenters. The molecule has 0 N–H and O–H groups in total. The number of hydrogen-bond acceptors (Lipinski definition) is 2. The predicted octanol–water partition coefficient (Wildman–Crippen LogP) is 3.36. The van der Waals surface area contributed by atoms with E-state index in [4.69, 9.17) is 0 Å². The second-order valence-electron chi connectivity index (χ2n) is 5.20. The van der Waals surface area contributed by atoms with Crippen LogP contribution in [-0.2, 0) is 18.3 Å². The lowest BCUT2D eigenvalue weighted by atomic mass is 9.94. The van der Waals surface area contributed by atoms with Crippen LogP contribution in [0, 0.1) is 19.8 Å². The van der Waals surface area contributed by atoms with Gasteiger partial charge in [0.25, 0.3) is 0 Å². The van der Waals surface area contributed by atoms with Crippen molar-refractivity contribution in [2.75, 3.05) is 0 Å². The van der Waals surface area contributed by atoms with Crippen molar-refractivity contribution < 1.29 is 4.79 Å². The first-order chi connectivity index (χ1) is 8.49. The first-order valence-electron chi connectivity index (χ1n) is 7.00. The van der Waals surface area contributed by atoms with Crippen molar-refractivity contribution in [3.63, 3.8) is 0 Å². The molecule has 3 heteroatoms. The molecular weight excluding hydrogens is 224 g/mol. The molecule has 1 aromatic rings. The van der Waals surface area contributed by atoms with E-state index in [0.29, 0.717) is 18.1 Å². The highest BCUT2D eigenvalue weighted by atomic mass is 16.1. The van der Waals surface area contributed by atoms with Gasteiger partial charge in [-0.3, -0.25) is 9.48 Å². The molecule has 0 bridgehead atoms.